The molecule has 0 aliphatic carbocycles. The predicted octanol–water partition coefficient (Wildman–Crippen LogP) is -1.68. The molecule has 22 heteroatoms. The van der Waals surface area contributed by atoms with Gasteiger partial charge in [0, 0.05) is 12.8 Å². The molecule has 8 amide bonds. The van der Waals surface area contributed by atoms with Gasteiger partial charge in [0.25, 0.3) is 0 Å². The van der Waals surface area contributed by atoms with Crippen molar-refractivity contribution in [2.45, 2.75) is 148 Å². The smallest absolute Gasteiger partial charge is 0.328 e. The third kappa shape index (κ3) is 22.9. The molecule has 0 unspecified atom stereocenters. The quantitative estimate of drug-likeness (QED) is 0.0410. The van der Waals surface area contributed by atoms with E-state index in [1.165, 1.54) is 0 Å². The van der Waals surface area contributed by atoms with Crippen LogP contribution in [0.4, 0.5) is 0 Å². The Bertz CT molecular complexity index is 1790. The number of primary amides is 1. The van der Waals surface area contributed by atoms with Crippen molar-refractivity contribution in [3.05, 3.63) is 35.9 Å². The van der Waals surface area contributed by atoms with Crippen molar-refractivity contribution >= 4 is 59.2 Å². The number of carbonyl (C=O) groups excluding carboxylic acids is 8. The highest BCUT2D eigenvalue weighted by Gasteiger charge is 2.35. The van der Waals surface area contributed by atoms with Gasteiger partial charge in [-0.2, -0.15) is 0 Å². The van der Waals surface area contributed by atoms with Crippen molar-refractivity contribution in [2.24, 2.45) is 29.2 Å². The molecule has 0 spiro atoms. The first-order chi connectivity index (χ1) is 30.3. The molecule has 0 aromatic heterocycles. The van der Waals surface area contributed by atoms with Gasteiger partial charge in [0.15, 0.2) is 6.04 Å². The van der Waals surface area contributed by atoms with Crippen molar-refractivity contribution in [1.29, 1.82) is 0 Å². The number of nitrogens with two attached hydrogens (primary N) is 2. The second-order valence-corrected chi connectivity index (χ2v) is 17.3. The molecule has 0 fully saturated rings. The zero-order valence-corrected chi connectivity index (χ0v) is 38.2. The fraction of sp³-hybridized carbons (Fsp3) is 0.628. The van der Waals surface area contributed by atoms with E-state index in [9.17, 15) is 63.3 Å². The van der Waals surface area contributed by atoms with Crippen LogP contribution < -0.4 is 48.7 Å². The third-order valence-electron chi connectivity index (χ3n) is 9.74. The maximum absolute atomic E-state index is 13.9. The van der Waals surface area contributed by atoms with Gasteiger partial charge in [-0.25, -0.2) is 4.79 Å². The number of aliphatic hydroxyl groups is 1. The number of rotatable bonds is 30. The number of aliphatic carboxylic acids is 2. The summed E-state index contributed by atoms with van der Waals surface area (Å²) >= 11 is 0. The highest BCUT2D eigenvalue weighted by atomic mass is 16.4. The molecule has 364 valence electrons. The highest BCUT2D eigenvalue weighted by molar-refractivity contribution is 5.97. The number of carbonyl (C=O) groups is 10. The van der Waals surface area contributed by atoms with E-state index in [-0.39, 0.29) is 56.3 Å². The molecule has 0 radical (unpaired) electrons. The summed E-state index contributed by atoms with van der Waals surface area (Å²) in [5, 5.41) is 45.9. The minimum Gasteiger partial charge on any atom is -0.481 e. The van der Waals surface area contributed by atoms with E-state index in [0.29, 0.717) is 0 Å². The number of amides is 8. The first-order valence-corrected chi connectivity index (χ1v) is 21.6. The Hall–Kier alpha value is -6.16. The van der Waals surface area contributed by atoms with Crippen molar-refractivity contribution in [3.63, 3.8) is 0 Å². The number of benzene rings is 1. The van der Waals surface area contributed by atoms with Crippen LogP contribution in [0.3, 0.4) is 0 Å². The van der Waals surface area contributed by atoms with Crippen molar-refractivity contribution in [2.75, 3.05) is 6.54 Å². The fourth-order valence-electron chi connectivity index (χ4n) is 6.44. The zero-order chi connectivity index (χ0) is 49.6. The van der Waals surface area contributed by atoms with E-state index in [1.807, 2.05) is 6.07 Å². The Labute approximate surface area is 378 Å². The van der Waals surface area contributed by atoms with Gasteiger partial charge in [0.05, 0.1) is 18.7 Å². The van der Waals surface area contributed by atoms with Crippen LogP contribution in [0, 0.1) is 17.8 Å². The zero-order valence-electron chi connectivity index (χ0n) is 38.2. The van der Waals surface area contributed by atoms with Gasteiger partial charge in [-0.3, -0.25) is 43.2 Å². The molecular weight excluding hydrogens is 851 g/mol. The molecule has 65 heavy (non-hydrogen) atoms. The number of aliphatic hydroxyl groups excluding tert-OH is 1. The van der Waals surface area contributed by atoms with Gasteiger partial charge >= 0.3 is 11.9 Å². The van der Waals surface area contributed by atoms with Crippen molar-refractivity contribution in [1.82, 2.24) is 37.2 Å². The van der Waals surface area contributed by atoms with Crippen LogP contribution in [0.5, 0.6) is 0 Å². The molecule has 8 atom stereocenters. The first-order valence-electron chi connectivity index (χ1n) is 21.6. The van der Waals surface area contributed by atoms with E-state index >= 15 is 0 Å². The Balaban J connectivity index is 3.30. The molecular formula is C43H69N9O13. The molecule has 1 rings (SSSR count). The lowest BCUT2D eigenvalue weighted by Gasteiger charge is -2.28. The Morgan fingerprint density at radius 1 is 0.554 bits per heavy atom. The SMILES string of the molecule is CC(C)C[C@H](NC(=O)CNC(=O)[C@@H](N)Cc1ccccc1)C(=O)N[C@@H](CCC(N)=O)C(=O)N[C@@H](CC(C)C)C(=O)N[C@@H](CCC(=O)O)C(=O)N[C@@H](CC(C)C)C(=O)N[C@H](C(=O)O)[C@@H](C)O. The molecule has 22 nitrogen and oxygen atoms in total. The van der Waals surface area contributed by atoms with Crippen LogP contribution >= 0.6 is 0 Å². The lowest BCUT2D eigenvalue weighted by molar-refractivity contribution is -0.145. The summed E-state index contributed by atoms with van der Waals surface area (Å²) in [6.45, 7) is 11.0. The van der Waals surface area contributed by atoms with Gasteiger partial charge in [0.1, 0.15) is 30.2 Å². The number of hydrogen-bond acceptors (Lipinski definition) is 12. The molecule has 0 saturated carbocycles. The topological polar surface area (TPSA) is 368 Å². The minimum atomic E-state index is -1.72. The van der Waals surface area contributed by atoms with Crippen LogP contribution in [-0.2, 0) is 54.4 Å². The van der Waals surface area contributed by atoms with Gasteiger partial charge in [-0.05, 0) is 68.8 Å². The van der Waals surface area contributed by atoms with Gasteiger partial charge in [-0.15, -0.1) is 0 Å². The summed E-state index contributed by atoms with van der Waals surface area (Å²) in [5.74, 6) is -10.4. The Morgan fingerprint density at radius 3 is 1.35 bits per heavy atom. The molecule has 14 N–H and O–H groups in total. The minimum absolute atomic E-state index is 0.0179. The van der Waals surface area contributed by atoms with Crippen molar-refractivity contribution < 1.29 is 63.3 Å². The monoisotopic (exact) mass is 920 g/mol. The number of nitrogens with one attached hydrogen (secondary N) is 7. The van der Waals surface area contributed by atoms with E-state index in [1.54, 1.807) is 65.8 Å². The average molecular weight is 920 g/mol. The summed E-state index contributed by atoms with van der Waals surface area (Å²) < 4.78 is 0. The molecule has 0 aliphatic rings. The highest BCUT2D eigenvalue weighted by Crippen LogP contribution is 2.12. The molecule has 1 aromatic rings. The standard InChI is InChI=1S/C43H69N9O13/c1-22(2)17-30(47-34(55)21-46-37(58)27(44)20-26-11-9-8-10-12-26)40(61)48-28(13-15-33(45)54)38(59)50-31(18-23(3)4)41(62)49-29(14-16-35(56)57)39(60)51-32(19-24(5)6)42(63)52-36(25(7)53)43(64)65/h8-12,22-25,27-32,36,53H,13-21,44H2,1-7H3,(H2,45,54)(H,46,58)(H,47,55)(H,48,61)(H,49,62)(H,50,59)(H,51,60)(H,52,63)(H,56,57)(H,64,65)/t25-,27+,28+,29+,30+,31+,32+,36+/m1/s1. The second-order valence-electron chi connectivity index (χ2n) is 17.3. The van der Waals surface area contributed by atoms with Crippen LogP contribution in [-0.4, -0.2) is 129 Å². The predicted molar refractivity (Wildman–Crippen MR) is 236 cm³/mol. The number of carboxylic acids is 2. The van der Waals surface area contributed by atoms with E-state index in [2.05, 4.69) is 37.2 Å². The number of hydrogen-bond donors (Lipinski definition) is 12. The number of carboxylic acid groups (broad SMARTS) is 2. The van der Waals surface area contributed by atoms with Gasteiger partial charge in [-0.1, -0.05) is 71.9 Å². The van der Waals surface area contributed by atoms with Crippen molar-refractivity contribution in [3.8, 4) is 0 Å². The summed E-state index contributed by atoms with van der Waals surface area (Å²) in [4.78, 5) is 129. The average Bonchev–Trinajstić information content (AvgIpc) is 3.20. The van der Waals surface area contributed by atoms with E-state index < -0.39 is 127 Å². The normalized spacial score (nSPS) is 14.9. The van der Waals surface area contributed by atoms with Crippen LogP contribution in [0.15, 0.2) is 30.3 Å². The Kier molecular flexibility index (Phi) is 25.0. The van der Waals surface area contributed by atoms with E-state index in [0.717, 1.165) is 12.5 Å². The summed E-state index contributed by atoms with van der Waals surface area (Å²) in [7, 11) is 0. The lowest BCUT2D eigenvalue weighted by atomic mass is 9.99. The lowest BCUT2D eigenvalue weighted by Crippen LogP contribution is -2.60. The fourth-order valence-corrected chi connectivity index (χ4v) is 6.44. The molecule has 0 heterocycles. The van der Waals surface area contributed by atoms with E-state index in [4.69, 9.17) is 11.5 Å². The van der Waals surface area contributed by atoms with Crippen LogP contribution in [0.2, 0.25) is 0 Å². The first kappa shape index (κ1) is 56.9. The molecule has 0 aliphatic heterocycles. The summed E-state index contributed by atoms with van der Waals surface area (Å²) in [5.41, 5.74) is 12.2. The molecule has 1 aromatic carbocycles. The van der Waals surface area contributed by atoms with Crippen LogP contribution in [0.25, 0.3) is 0 Å². The Morgan fingerprint density at radius 2 is 0.954 bits per heavy atom. The summed E-state index contributed by atoms with van der Waals surface area (Å²) in [6.07, 6.45) is -3.07. The maximum Gasteiger partial charge on any atom is 0.328 e. The second kappa shape index (κ2) is 28.6. The third-order valence-corrected chi connectivity index (χ3v) is 9.74. The maximum atomic E-state index is 13.9. The largest absolute Gasteiger partial charge is 0.481 e. The molecule has 0 saturated heterocycles. The van der Waals surface area contributed by atoms with Gasteiger partial charge in [0.2, 0.25) is 47.3 Å². The summed E-state index contributed by atoms with van der Waals surface area (Å²) in [6, 6.07) is -0.772. The molecule has 0 bridgehead atoms. The van der Waals surface area contributed by atoms with Crippen LogP contribution in [0.1, 0.15) is 99.0 Å². The van der Waals surface area contributed by atoms with Gasteiger partial charge < -0.3 is 64.0 Å².